The molecule has 2 nitrogen and oxygen atoms in total. The molecule has 0 N–H and O–H groups in total. The van der Waals surface area contributed by atoms with Crippen molar-refractivity contribution in [3.05, 3.63) is 24.2 Å². The van der Waals surface area contributed by atoms with Gasteiger partial charge in [-0.3, -0.25) is 4.79 Å². The zero-order valence-electron chi connectivity index (χ0n) is 10.7. The number of carbonyl (C=O) groups excluding carboxylic acids is 1. The summed E-state index contributed by atoms with van der Waals surface area (Å²) < 4.78 is 5.35. The predicted octanol–water partition coefficient (Wildman–Crippen LogP) is 3.61. The SMILES string of the molecule is O=C(Cc1ccco1)C12CC3CC(CC(C3)C1)C2. The summed E-state index contributed by atoms with van der Waals surface area (Å²) in [5.41, 5.74) is 0.0293. The van der Waals surface area contributed by atoms with Crippen LogP contribution in [0.4, 0.5) is 0 Å². The highest BCUT2D eigenvalue weighted by molar-refractivity contribution is 5.86. The second-order valence-electron chi connectivity index (χ2n) is 6.88. The normalized spacial score (nSPS) is 41.2. The molecule has 0 aromatic carbocycles. The van der Waals surface area contributed by atoms with Crippen molar-refractivity contribution in [1.29, 1.82) is 0 Å². The van der Waals surface area contributed by atoms with Gasteiger partial charge in [0.05, 0.1) is 12.7 Å². The van der Waals surface area contributed by atoms with Gasteiger partial charge in [-0.2, -0.15) is 0 Å². The summed E-state index contributed by atoms with van der Waals surface area (Å²) in [4.78, 5) is 12.7. The standard InChI is InChI=1S/C16H20O2/c17-15(7-14-2-1-3-18-14)16-8-11-4-12(9-16)6-13(5-11)10-16/h1-3,11-13H,4-10H2. The summed E-state index contributed by atoms with van der Waals surface area (Å²) in [6, 6.07) is 3.81. The Morgan fingerprint density at radius 3 is 2.28 bits per heavy atom. The van der Waals surface area contributed by atoms with Crippen LogP contribution in [0.5, 0.6) is 0 Å². The van der Waals surface area contributed by atoms with Gasteiger partial charge in [-0.1, -0.05) is 0 Å². The topological polar surface area (TPSA) is 30.2 Å². The third-order valence-corrected chi connectivity index (χ3v) is 5.54. The first-order valence-corrected chi connectivity index (χ1v) is 7.29. The van der Waals surface area contributed by atoms with Crippen molar-refractivity contribution in [3.63, 3.8) is 0 Å². The molecule has 4 aliphatic carbocycles. The van der Waals surface area contributed by atoms with Crippen LogP contribution in [0.15, 0.2) is 22.8 Å². The molecule has 0 atom stereocenters. The molecule has 5 rings (SSSR count). The van der Waals surface area contributed by atoms with Crippen LogP contribution in [0.1, 0.15) is 44.3 Å². The lowest BCUT2D eigenvalue weighted by atomic mass is 9.48. The summed E-state index contributed by atoms with van der Waals surface area (Å²) in [5, 5.41) is 0. The Kier molecular flexibility index (Phi) is 2.24. The number of Topliss-reactive ketones (excluding diaryl/α,β-unsaturated/α-hetero) is 1. The molecule has 0 aliphatic heterocycles. The first-order valence-electron chi connectivity index (χ1n) is 7.29. The van der Waals surface area contributed by atoms with E-state index in [0.29, 0.717) is 12.2 Å². The van der Waals surface area contributed by atoms with Crippen molar-refractivity contribution in [2.24, 2.45) is 23.2 Å². The van der Waals surface area contributed by atoms with E-state index in [0.717, 1.165) is 23.5 Å². The molecular weight excluding hydrogens is 224 g/mol. The third kappa shape index (κ3) is 1.58. The van der Waals surface area contributed by atoms with Crippen molar-refractivity contribution >= 4 is 5.78 Å². The molecule has 0 unspecified atom stereocenters. The zero-order valence-corrected chi connectivity index (χ0v) is 10.7. The highest BCUT2D eigenvalue weighted by Crippen LogP contribution is 2.60. The summed E-state index contributed by atoms with van der Waals surface area (Å²) in [6.07, 6.45) is 9.87. The van der Waals surface area contributed by atoms with Crippen LogP contribution in [0.3, 0.4) is 0 Å². The summed E-state index contributed by atoms with van der Waals surface area (Å²) in [7, 11) is 0. The van der Waals surface area contributed by atoms with Gasteiger partial charge in [-0.25, -0.2) is 0 Å². The molecular formula is C16H20O2. The van der Waals surface area contributed by atoms with E-state index in [9.17, 15) is 4.79 Å². The van der Waals surface area contributed by atoms with Crippen LogP contribution < -0.4 is 0 Å². The summed E-state index contributed by atoms with van der Waals surface area (Å²) >= 11 is 0. The van der Waals surface area contributed by atoms with E-state index >= 15 is 0 Å². The van der Waals surface area contributed by atoms with Crippen molar-refractivity contribution in [2.45, 2.75) is 44.9 Å². The van der Waals surface area contributed by atoms with E-state index in [1.54, 1.807) is 6.26 Å². The van der Waals surface area contributed by atoms with E-state index in [2.05, 4.69) is 0 Å². The first-order chi connectivity index (χ1) is 8.73. The molecule has 0 amide bonds. The largest absolute Gasteiger partial charge is 0.469 e. The van der Waals surface area contributed by atoms with Gasteiger partial charge in [0.25, 0.3) is 0 Å². The maximum Gasteiger partial charge on any atom is 0.146 e. The Morgan fingerprint density at radius 2 is 1.78 bits per heavy atom. The van der Waals surface area contributed by atoms with E-state index in [1.165, 1.54) is 38.5 Å². The summed E-state index contributed by atoms with van der Waals surface area (Å²) in [5.74, 6) is 3.83. The molecule has 4 aliphatic rings. The quantitative estimate of drug-likeness (QED) is 0.813. The maximum absolute atomic E-state index is 12.7. The molecule has 1 aromatic rings. The second kappa shape index (κ2) is 3.72. The van der Waals surface area contributed by atoms with Crippen LogP contribution >= 0.6 is 0 Å². The monoisotopic (exact) mass is 244 g/mol. The minimum Gasteiger partial charge on any atom is -0.469 e. The van der Waals surface area contributed by atoms with Gasteiger partial charge in [0.2, 0.25) is 0 Å². The Labute approximate surface area is 108 Å². The van der Waals surface area contributed by atoms with Crippen LogP contribution in [0, 0.1) is 23.2 Å². The minimum absolute atomic E-state index is 0.0293. The smallest absolute Gasteiger partial charge is 0.146 e. The maximum atomic E-state index is 12.7. The Hall–Kier alpha value is -1.05. The van der Waals surface area contributed by atoms with Crippen molar-refractivity contribution in [3.8, 4) is 0 Å². The van der Waals surface area contributed by atoms with Gasteiger partial charge in [-0.05, 0) is 68.4 Å². The molecule has 2 heteroatoms. The van der Waals surface area contributed by atoms with Crippen LogP contribution in [-0.4, -0.2) is 5.78 Å². The Balaban J connectivity index is 1.58. The fourth-order valence-electron chi connectivity index (χ4n) is 5.21. The molecule has 1 heterocycles. The molecule has 0 saturated heterocycles. The molecule has 4 bridgehead atoms. The van der Waals surface area contributed by atoms with E-state index in [4.69, 9.17) is 4.42 Å². The lowest BCUT2D eigenvalue weighted by Gasteiger charge is -2.56. The molecule has 0 spiro atoms. The van der Waals surface area contributed by atoms with E-state index < -0.39 is 0 Å². The molecule has 4 saturated carbocycles. The highest BCUT2D eigenvalue weighted by Gasteiger charge is 2.54. The average Bonchev–Trinajstić information content (AvgIpc) is 2.79. The average molecular weight is 244 g/mol. The molecule has 96 valence electrons. The number of ketones is 1. The zero-order chi connectivity index (χ0) is 12.2. The fourth-order valence-corrected chi connectivity index (χ4v) is 5.21. The first kappa shape index (κ1) is 10.8. The molecule has 4 fully saturated rings. The van der Waals surface area contributed by atoms with Gasteiger partial charge in [0, 0.05) is 5.41 Å². The van der Waals surface area contributed by atoms with Crippen molar-refractivity contribution in [2.75, 3.05) is 0 Å². The highest BCUT2D eigenvalue weighted by atomic mass is 16.3. The van der Waals surface area contributed by atoms with Gasteiger partial charge in [-0.15, -0.1) is 0 Å². The minimum atomic E-state index is 0.0293. The molecule has 1 aromatic heterocycles. The van der Waals surface area contributed by atoms with Gasteiger partial charge in [0.1, 0.15) is 11.5 Å². The van der Waals surface area contributed by atoms with Crippen molar-refractivity contribution < 1.29 is 9.21 Å². The number of carbonyl (C=O) groups is 1. The number of rotatable bonds is 3. The van der Waals surface area contributed by atoms with Crippen LogP contribution in [0.25, 0.3) is 0 Å². The Morgan fingerprint density at radius 1 is 1.17 bits per heavy atom. The molecule has 0 radical (unpaired) electrons. The Bertz CT molecular complexity index is 422. The van der Waals surface area contributed by atoms with Gasteiger partial charge < -0.3 is 4.42 Å². The fraction of sp³-hybridized carbons (Fsp3) is 0.688. The second-order valence-corrected chi connectivity index (χ2v) is 6.88. The van der Waals surface area contributed by atoms with Gasteiger partial charge >= 0.3 is 0 Å². The lowest BCUT2D eigenvalue weighted by molar-refractivity contribution is -0.143. The summed E-state index contributed by atoms with van der Waals surface area (Å²) in [6.45, 7) is 0. The van der Waals surface area contributed by atoms with E-state index in [-0.39, 0.29) is 5.41 Å². The number of furan rings is 1. The third-order valence-electron chi connectivity index (χ3n) is 5.54. The van der Waals surface area contributed by atoms with E-state index in [1.807, 2.05) is 12.1 Å². The lowest BCUT2D eigenvalue weighted by Crippen LogP contribution is -2.50. The van der Waals surface area contributed by atoms with Gasteiger partial charge in [0.15, 0.2) is 0 Å². The molecule has 18 heavy (non-hydrogen) atoms. The predicted molar refractivity (Wildman–Crippen MR) is 68.0 cm³/mol. The van der Waals surface area contributed by atoms with Crippen LogP contribution in [-0.2, 0) is 11.2 Å². The van der Waals surface area contributed by atoms with Crippen LogP contribution in [0.2, 0.25) is 0 Å². The van der Waals surface area contributed by atoms with Crippen molar-refractivity contribution in [1.82, 2.24) is 0 Å². The number of hydrogen-bond acceptors (Lipinski definition) is 2. The number of hydrogen-bond donors (Lipinski definition) is 0.